The molecular weight excluding hydrogens is 786 g/mol. The summed E-state index contributed by atoms with van der Waals surface area (Å²) in [5.41, 5.74) is 13.8. The third-order valence-corrected chi connectivity index (χ3v) is 17.1. The SMILES string of the molecule is c1cc2c(cc1C1CCCCC1)B1c3cc(C4CCCCC4)ccc3Oc3c1c(nc1c4c5c(nc31)Oc1ccc(C3CCCCC3)cc1B5c1cc(C3CCCCC3)ccc1O4)O2. The molecular formula is C56H56B2N2O4. The summed E-state index contributed by atoms with van der Waals surface area (Å²) < 4.78 is 28.4. The van der Waals surface area contributed by atoms with Crippen LogP contribution >= 0.6 is 0 Å². The van der Waals surface area contributed by atoms with E-state index in [1.165, 1.54) is 173 Å². The molecule has 320 valence electrons. The highest BCUT2D eigenvalue weighted by Crippen LogP contribution is 2.46. The Bertz CT molecular complexity index is 2620. The highest BCUT2D eigenvalue weighted by molar-refractivity contribution is 6.99. The van der Waals surface area contributed by atoms with Crippen LogP contribution in [0.4, 0.5) is 0 Å². The van der Waals surface area contributed by atoms with Crippen molar-refractivity contribution in [1.29, 1.82) is 0 Å². The van der Waals surface area contributed by atoms with Crippen molar-refractivity contribution >= 4 is 57.2 Å². The van der Waals surface area contributed by atoms with Gasteiger partial charge in [-0.05, 0) is 143 Å². The van der Waals surface area contributed by atoms with Crippen molar-refractivity contribution in [1.82, 2.24) is 9.97 Å². The van der Waals surface area contributed by atoms with Crippen LogP contribution in [0.1, 0.15) is 174 Å². The molecule has 4 aliphatic carbocycles. The molecule has 0 atom stereocenters. The van der Waals surface area contributed by atoms with Crippen molar-refractivity contribution in [3.63, 3.8) is 0 Å². The van der Waals surface area contributed by atoms with E-state index in [0.29, 0.717) is 58.0 Å². The molecule has 0 radical (unpaired) electrons. The van der Waals surface area contributed by atoms with E-state index >= 15 is 0 Å². The topological polar surface area (TPSA) is 62.7 Å². The van der Waals surface area contributed by atoms with Gasteiger partial charge < -0.3 is 18.9 Å². The Morgan fingerprint density at radius 3 is 0.922 bits per heavy atom. The summed E-state index contributed by atoms with van der Waals surface area (Å²) in [6, 6.07) is 28.1. The predicted octanol–water partition coefficient (Wildman–Crippen LogP) is 11.3. The van der Waals surface area contributed by atoms with Crippen LogP contribution in [0.2, 0.25) is 0 Å². The van der Waals surface area contributed by atoms with Gasteiger partial charge in [0.15, 0.2) is 11.5 Å². The quantitative estimate of drug-likeness (QED) is 0.165. The molecule has 8 aliphatic rings. The monoisotopic (exact) mass is 842 g/mol. The van der Waals surface area contributed by atoms with Crippen molar-refractivity contribution in [3.05, 3.63) is 95.1 Å². The van der Waals surface area contributed by atoms with Crippen molar-refractivity contribution in [2.75, 3.05) is 0 Å². The Morgan fingerprint density at radius 2 is 0.625 bits per heavy atom. The third-order valence-electron chi connectivity index (χ3n) is 17.1. The van der Waals surface area contributed by atoms with Gasteiger partial charge in [-0.2, -0.15) is 0 Å². The second-order valence-electron chi connectivity index (χ2n) is 20.8. The van der Waals surface area contributed by atoms with Crippen LogP contribution in [0.25, 0.3) is 11.0 Å². The molecule has 2 aromatic heterocycles. The Labute approximate surface area is 378 Å². The molecule has 6 nitrogen and oxygen atoms in total. The summed E-state index contributed by atoms with van der Waals surface area (Å²) in [6.45, 7) is -0.189. The van der Waals surface area contributed by atoms with E-state index in [2.05, 4.69) is 72.8 Å². The summed E-state index contributed by atoms with van der Waals surface area (Å²) in [4.78, 5) is 11.0. The highest BCUT2D eigenvalue weighted by Gasteiger charge is 2.47. The van der Waals surface area contributed by atoms with E-state index in [1.54, 1.807) is 0 Å². The molecule has 4 fully saturated rings. The minimum Gasteiger partial charge on any atom is -0.456 e. The minimum atomic E-state index is -0.0943. The smallest absolute Gasteiger partial charge is 0.263 e. The molecule has 0 bridgehead atoms. The number of aromatic nitrogens is 2. The molecule has 0 amide bonds. The standard InChI is InChI=1S/C56H56B2N2O4/c1-5-13-33(14-6-1)37-21-25-45-41(29-37)57-43-31-39(35-17-9-3-10-18-35)23-27-47(43)63-55-49(57)53(61-45)51-52(59-55)54-50-56(60-51)64-48-28-24-40(36-19-11-4-12-20-36)32-44(48)58(50)42-30-38(22-26-46(42)62-54)34-15-7-2-8-16-34/h21-36H,1-20H2. The van der Waals surface area contributed by atoms with Crippen LogP contribution < -0.4 is 51.7 Å². The van der Waals surface area contributed by atoms with E-state index < -0.39 is 0 Å². The van der Waals surface area contributed by atoms with Crippen molar-refractivity contribution < 1.29 is 18.9 Å². The average molecular weight is 843 g/mol. The van der Waals surface area contributed by atoms with E-state index in [-0.39, 0.29) is 13.4 Å². The molecule has 8 heteroatoms. The summed E-state index contributed by atoms with van der Waals surface area (Å²) >= 11 is 0. The molecule has 0 N–H and O–H groups in total. The van der Waals surface area contributed by atoms with Gasteiger partial charge >= 0.3 is 0 Å². The molecule has 0 spiro atoms. The first-order valence-corrected chi connectivity index (χ1v) is 25.4. The molecule has 0 saturated heterocycles. The largest absolute Gasteiger partial charge is 0.456 e. The van der Waals surface area contributed by atoms with Crippen molar-refractivity contribution in [2.24, 2.45) is 0 Å². The Hall–Kier alpha value is -5.23. The second-order valence-corrected chi connectivity index (χ2v) is 20.8. The number of fused-ring (bicyclic) bond motifs is 11. The lowest BCUT2D eigenvalue weighted by Gasteiger charge is -2.36. The van der Waals surface area contributed by atoms with Gasteiger partial charge in [-0.3, -0.25) is 0 Å². The summed E-state index contributed by atoms with van der Waals surface area (Å²) in [6.07, 6.45) is 25.7. The molecule has 64 heavy (non-hydrogen) atoms. The zero-order valence-electron chi connectivity index (χ0n) is 37.1. The Kier molecular flexibility index (Phi) is 9.03. The Balaban J connectivity index is 0.966. The predicted molar refractivity (Wildman–Crippen MR) is 258 cm³/mol. The number of ether oxygens (including phenoxy) is 4. The zero-order chi connectivity index (χ0) is 41.9. The summed E-state index contributed by atoms with van der Waals surface area (Å²) in [5, 5.41) is 0. The number of rotatable bonds is 4. The Morgan fingerprint density at radius 1 is 0.344 bits per heavy atom. The van der Waals surface area contributed by atoms with Gasteiger partial charge in [-0.25, -0.2) is 9.97 Å². The molecule has 4 aromatic carbocycles. The van der Waals surface area contributed by atoms with Gasteiger partial charge in [0.2, 0.25) is 11.8 Å². The van der Waals surface area contributed by atoms with Gasteiger partial charge in [0.05, 0.1) is 0 Å². The maximum atomic E-state index is 7.19. The maximum absolute atomic E-state index is 7.19. The van der Waals surface area contributed by atoms with Crippen molar-refractivity contribution in [2.45, 2.75) is 152 Å². The maximum Gasteiger partial charge on any atom is 0.263 e. The lowest BCUT2D eigenvalue weighted by molar-refractivity contribution is 0.436. The number of nitrogens with zero attached hydrogens (tertiary/aromatic N) is 2. The number of hydrogen-bond acceptors (Lipinski definition) is 6. The molecule has 14 rings (SSSR count). The van der Waals surface area contributed by atoms with E-state index in [1.807, 2.05) is 0 Å². The van der Waals surface area contributed by atoms with Gasteiger partial charge in [0.1, 0.15) is 34.0 Å². The van der Waals surface area contributed by atoms with E-state index in [0.717, 1.165) is 33.9 Å². The van der Waals surface area contributed by atoms with Crippen LogP contribution in [0.3, 0.4) is 0 Å². The lowest BCUT2D eigenvalue weighted by atomic mass is 9.34. The third kappa shape index (κ3) is 6.05. The number of hydrogen-bond donors (Lipinski definition) is 0. The van der Waals surface area contributed by atoms with Crippen LogP contribution in [0.5, 0.6) is 46.3 Å². The first kappa shape index (κ1) is 38.1. The molecule has 0 unspecified atom stereocenters. The average Bonchev–Trinajstić information content (AvgIpc) is 3.37. The first-order valence-electron chi connectivity index (χ1n) is 25.4. The molecule has 4 saturated carbocycles. The summed E-state index contributed by atoms with van der Waals surface area (Å²) in [5.74, 6) is 8.45. The fraction of sp³-hybridized carbons (Fsp3) is 0.429. The fourth-order valence-corrected chi connectivity index (χ4v) is 13.8. The normalized spacial score (nSPS) is 20.4. The lowest BCUT2D eigenvalue weighted by Crippen LogP contribution is -2.59. The molecule has 6 aromatic rings. The van der Waals surface area contributed by atoms with Crippen LogP contribution in [0, 0.1) is 0 Å². The second kappa shape index (κ2) is 15.2. The zero-order valence-corrected chi connectivity index (χ0v) is 37.1. The number of pyridine rings is 2. The van der Waals surface area contributed by atoms with Crippen LogP contribution in [-0.4, -0.2) is 23.4 Å². The van der Waals surface area contributed by atoms with Gasteiger partial charge in [0, 0.05) is 10.9 Å². The summed E-state index contributed by atoms with van der Waals surface area (Å²) in [7, 11) is 0. The molecule has 6 heterocycles. The minimum absolute atomic E-state index is 0.0943. The van der Waals surface area contributed by atoms with Gasteiger partial charge in [0.25, 0.3) is 13.4 Å². The van der Waals surface area contributed by atoms with E-state index in [9.17, 15) is 0 Å². The van der Waals surface area contributed by atoms with Gasteiger partial charge in [-0.1, -0.05) is 126 Å². The first-order chi connectivity index (χ1) is 31.7. The van der Waals surface area contributed by atoms with Crippen molar-refractivity contribution in [3.8, 4) is 46.3 Å². The molecule has 4 aliphatic heterocycles. The van der Waals surface area contributed by atoms with Crippen LogP contribution in [0.15, 0.2) is 72.8 Å². The van der Waals surface area contributed by atoms with Gasteiger partial charge in [-0.15, -0.1) is 0 Å². The fourth-order valence-electron chi connectivity index (χ4n) is 13.8. The van der Waals surface area contributed by atoms with E-state index in [4.69, 9.17) is 28.9 Å². The highest BCUT2D eigenvalue weighted by atomic mass is 16.5. The number of benzene rings is 4. The van der Waals surface area contributed by atoms with Crippen LogP contribution in [-0.2, 0) is 0 Å².